The van der Waals surface area contributed by atoms with Gasteiger partial charge in [-0.15, -0.1) is 0 Å². The Labute approximate surface area is 108 Å². The van der Waals surface area contributed by atoms with Gasteiger partial charge in [0.15, 0.2) is 0 Å². The van der Waals surface area contributed by atoms with Crippen LogP contribution in [0, 0.1) is 0 Å². The predicted octanol–water partition coefficient (Wildman–Crippen LogP) is 0.229. The van der Waals surface area contributed by atoms with Crippen molar-refractivity contribution in [1.82, 2.24) is 14.9 Å². The molecule has 7 heteroatoms. The number of furan rings is 1. The summed E-state index contributed by atoms with van der Waals surface area (Å²) in [5.41, 5.74) is 0. The highest BCUT2D eigenvalue weighted by molar-refractivity contribution is 7.89. The van der Waals surface area contributed by atoms with Crippen LogP contribution < -0.4 is 10.0 Å². The Hall–Kier alpha value is -0.890. The van der Waals surface area contributed by atoms with Gasteiger partial charge in [0, 0.05) is 13.1 Å². The van der Waals surface area contributed by atoms with Crippen LogP contribution in [0.25, 0.3) is 0 Å². The van der Waals surface area contributed by atoms with Gasteiger partial charge in [0.1, 0.15) is 5.76 Å². The lowest BCUT2D eigenvalue weighted by atomic mass is 10.4. The number of nitrogens with one attached hydrogen (secondary N) is 2. The Morgan fingerprint density at radius 2 is 2.06 bits per heavy atom. The van der Waals surface area contributed by atoms with Crippen molar-refractivity contribution in [2.24, 2.45) is 0 Å². The Morgan fingerprint density at radius 3 is 2.67 bits per heavy atom. The van der Waals surface area contributed by atoms with Crippen molar-refractivity contribution in [1.29, 1.82) is 0 Å². The minimum absolute atomic E-state index is 0.0332. The van der Waals surface area contributed by atoms with E-state index in [2.05, 4.69) is 10.0 Å². The van der Waals surface area contributed by atoms with Crippen molar-refractivity contribution in [2.45, 2.75) is 18.6 Å². The summed E-state index contributed by atoms with van der Waals surface area (Å²) in [6, 6.07) is 3.15. The minimum Gasteiger partial charge on any atom is -0.447 e. The van der Waals surface area contributed by atoms with Crippen LogP contribution in [0.5, 0.6) is 0 Å². The first-order valence-electron chi connectivity index (χ1n) is 5.89. The molecule has 1 rings (SSSR count). The van der Waals surface area contributed by atoms with Crippen molar-refractivity contribution in [3.05, 3.63) is 17.9 Å². The molecule has 0 saturated heterocycles. The molecule has 18 heavy (non-hydrogen) atoms. The van der Waals surface area contributed by atoms with Crippen LogP contribution in [0.4, 0.5) is 0 Å². The minimum atomic E-state index is -3.53. The zero-order valence-corrected chi connectivity index (χ0v) is 11.9. The summed E-state index contributed by atoms with van der Waals surface area (Å²) in [6.45, 7) is 4.32. The normalized spacial score (nSPS) is 12.2. The average Bonchev–Trinajstić information content (AvgIpc) is 2.74. The fourth-order valence-electron chi connectivity index (χ4n) is 1.32. The zero-order valence-electron chi connectivity index (χ0n) is 11.1. The van der Waals surface area contributed by atoms with Crippen LogP contribution in [0.2, 0.25) is 0 Å². The topological polar surface area (TPSA) is 74.6 Å². The van der Waals surface area contributed by atoms with Crippen molar-refractivity contribution < 1.29 is 12.8 Å². The third-order valence-corrected chi connectivity index (χ3v) is 3.64. The van der Waals surface area contributed by atoms with Gasteiger partial charge in [0.2, 0.25) is 5.09 Å². The molecule has 104 valence electrons. The van der Waals surface area contributed by atoms with Crippen molar-refractivity contribution in [3.8, 4) is 0 Å². The first-order valence-corrected chi connectivity index (χ1v) is 7.38. The van der Waals surface area contributed by atoms with E-state index in [1.54, 1.807) is 6.07 Å². The lowest BCUT2D eigenvalue weighted by Crippen LogP contribution is -2.31. The first kappa shape index (κ1) is 15.2. The Balaban J connectivity index is 2.58. The van der Waals surface area contributed by atoms with Crippen molar-refractivity contribution >= 4 is 10.0 Å². The SMILES string of the molecule is CCNCc1ccc(S(=O)(=O)NCCN(C)C)o1. The molecule has 0 radical (unpaired) electrons. The highest BCUT2D eigenvalue weighted by Gasteiger charge is 2.17. The van der Waals surface area contributed by atoms with Gasteiger partial charge in [0.05, 0.1) is 6.54 Å². The molecule has 0 aromatic carbocycles. The highest BCUT2D eigenvalue weighted by atomic mass is 32.2. The van der Waals surface area contributed by atoms with E-state index in [0.717, 1.165) is 6.54 Å². The summed E-state index contributed by atoms with van der Waals surface area (Å²) >= 11 is 0. The average molecular weight is 275 g/mol. The lowest BCUT2D eigenvalue weighted by molar-refractivity contribution is 0.394. The van der Waals surface area contributed by atoms with E-state index in [9.17, 15) is 8.42 Å². The quantitative estimate of drug-likeness (QED) is 0.710. The van der Waals surface area contributed by atoms with E-state index in [-0.39, 0.29) is 5.09 Å². The third kappa shape index (κ3) is 4.77. The van der Waals surface area contributed by atoms with Gasteiger partial charge < -0.3 is 14.6 Å². The van der Waals surface area contributed by atoms with Gasteiger partial charge in [-0.05, 0) is 32.8 Å². The van der Waals surface area contributed by atoms with Crippen LogP contribution in [0.1, 0.15) is 12.7 Å². The molecule has 0 bridgehead atoms. The van der Waals surface area contributed by atoms with Crippen LogP contribution in [-0.4, -0.2) is 47.0 Å². The lowest BCUT2D eigenvalue weighted by Gasteiger charge is -2.09. The molecule has 0 atom stereocenters. The highest BCUT2D eigenvalue weighted by Crippen LogP contribution is 2.13. The van der Waals surface area contributed by atoms with E-state index >= 15 is 0 Å². The molecule has 0 saturated carbocycles. The fourth-order valence-corrected chi connectivity index (χ4v) is 2.29. The number of nitrogens with zero attached hydrogens (tertiary/aromatic N) is 1. The summed E-state index contributed by atoms with van der Waals surface area (Å²) in [5.74, 6) is 0.616. The van der Waals surface area contributed by atoms with Crippen LogP contribution in [0.15, 0.2) is 21.6 Å². The van der Waals surface area contributed by atoms with Gasteiger partial charge in [-0.25, -0.2) is 13.1 Å². The van der Waals surface area contributed by atoms with E-state index in [1.165, 1.54) is 6.07 Å². The van der Waals surface area contributed by atoms with Crippen LogP contribution >= 0.6 is 0 Å². The summed E-state index contributed by atoms with van der Waals surface area (Å²) < 4.78 is 31.5. The van der Waals surface area contributed by atoms with Crippen molar-refractivity contribution in [2.75, 3.05) is 33.7 Å². The molecule has 0 aliphatic heterocycles. The first-order chi connectivity index (χ1) is 8.45. The molecular weight excluding hydrogens is 254 g/mol. The van der Waals surface area contributed by atoms with E-state index in [1.807, 2.05) is 25.9 Å². The second kappa shape index (κ2) is 6.89. The second-order valence-electron chi connectivity index (χ2n) is 4.20. The van der Waals surface area contributed by atoms with Gasteiger partial charge in [-0.1, -0.05) is 6.92 Å². The summed E-state index contributed by atoms with van der Waals surface area (Å²) in [5, 5.41) is 3.04. The molecule has 0 aliphatic rings. The molecule has 0 fully saturated rings. The Morgan fingerprint density at radius 1 is 1.33 bits per heavy atom. The molecule has 0 amide bonds. The van der Waals surface area contributed by atoms with Crippen LogP contribution in [0.3, 0.4) is 0 Å². The maximum absolute atomic E-state index is 11.9. The molecular formula is C11H21N3O3S. The zero-order chi connectivity index (χ0) is 13.6. The number of likely N-dealkylation sites (N-methyl/N-ethyl adjacent to an activating group) is 1. The number of sulfonamides is 1. The summed E-state index contributed by atoms with van der Waals surface area (Å²) in [6.07, 6.45) is 0. The second-order valence-corrected chi connectivity index (χ2v) is 5.90. The number of rotatable bonds is 8. The molecule has 1 aromatic heterocycles. The molecule has 6 nitrogen and oxygen atoms in total. The molecule has 1 heterocycles. The third-order valence-electron chi connectivity index (χ3n) is 2.30. The Bertz CT molecular complexity index is 454. The largest absolute Gasteiger partial charge is 0.447 e. The van der Waals surface area contributed by atoms with Gasteiger partial charge in [0.25, 0.3) is 10.0 Å². The summed E-state index contributed by atoms with van der Waals surface area (Å²) in [4.78, 5) is 1.90. The van der Waals surface area contributed by atoms with Crippen molar-refractivity contribution in [3.63, 3.8) is 0 Å². The molecule has 0 spiro atoms. The van der Waals surface area contributed by atoms with E-state index in [0.29, 0.717) is 25.4 Å². The van der Waals surface area contributed by atoms with E-state index < -0.39 is 10.0 Å². The molecule has 0 unspecified atom stereocenters. The fraction of sp³-hybridized carbons (Fsp3) is 0.636. The standard InChI is InChI=1S/C11H21N3O3S/c1-4-12-9-10-5-6-11(17-10)18(15,16)13-7-8-14(2)3/h5-6,12-13H,4,7-9H2,1-3H3. The molecule has 0 aliphatic carbocycles. The van der Waals surface area contributed by atoms with Gasteiger partial charge in [-0.3, -0.25) is 0 Å². The van der Waals surface area contributed by atoms with Gasteiger partial charge >= 0.3 is 0 Å². The van der Waals surface area contributed by atoms with Gasteiger partial charge in [-0.2, -0.15) is 0 Å². The van der Waals surface area contributed by atoms with E-state index in [4.69, 9.17) is 4.42 Å². The monoisotopic (exact) mass is 275 g/mol. The van der Waals surface area contributed by atoms with Crippen LogP contribution in [-0.2, 0) is 16.6 Å². The smallest absolute Gasteiger partial charge is 0.274 e. The molecule has 2 N–H and O–H groups in total. The maximum atomic E-state index is 11.9. The summed E-state index contributed by atoms with van der Waals surface area (Å²) in [7, 11) is 0.238. The maximum Gasteiger partial charge on any atom is 0.274 e. The molecule has 1 aromatic rings. The predicted molar refractivity (Wildman–Crippen MR) is 69.8 cm³/mol. The number of hydrogen-bond acceptors (Lipinski definition) is 5. The Kier molecular flexibility index (Phi) is 5.80. The number of hydrogen-bond donors (Lipinski definition) is 2.